The zero-order valence-electron chi connectivity index (χ0n) is 6.73. The number of nitrogen functional groups attached to an aromatic ring is 1. The predicted molar refractivity (Wildman–Crippen MR) is 55.7 cm³/mol. The van der Waals surface area contributed by atoms with E-state index < -0.39 is 4.92 Å². The van der Waals surface area contributed by atoms with E-state index in [1.54, 1.807) is 0 Å². The molecule has 0 saturated carbocycles. The van der Waals surface area contributed by atoms with Crippen LogP contribution in [0.15, 0.2) is 12.1 Å². The van der Waals surface area contributed by atoms with E-state index in [1.165, 1.54) is 23.5 Å². The SMILES string of the molecule is Nc1nc2c(Cl)cc([N+](=O)[O-])cc2s1. The van der Waals surface area contributed by atoms with Crippen LogP contribution in [0.4, 0.5) is 10.8 Å². The molecule has 0 spiro atoms. The number of hydrogen-bond acceptors (Lipinski definition) is 5. The molecule has 0 aliphatic carbocycles. The molecule has 0 fully saturated rings. The summed E-state index contributed by atoms with van der Waals surface area (Å²) in [5.41, 5.74) is 5.93. The highest BCUT2D eigenvalue weighted by Gasteiger charge is 2.13. The molecule has 1 aromatic carbocycles. The maximum atomic E-state index is 10.5. The third-order valence-corrected chi connectivity index (χ3v) is 2.78. The topological polar surface area (TPSA) is 82.0 Å². The molecule has 14 heavy (non-hydrogen) atoms. The van der Waals surface area contributed by atoms with Crippen LogP contribution in [0.1, 0.15) is 0 Å². The van der Waals surface area contributed by atoms with Crippen LogP contribution < -0.4 is 5.73 Å². The summed E-state index contributed by atoms with van der Waals surface area (Å²) in [6, 6.07) is 2.68. The molecule has 0 saturated heterocycles. The zero-order valence-corrected chi connectivity index (χ0v) is 8.30. The van der Waals surface area contributed by atoms with Gasteiger partial charge in [0, 0.05) is 12.1 Å². The number of nitro benzene ring substituents is 1. The quantitative estimate of drug-likeness (QED) is 0.601. The molecule has 72 valence electrons. The first-order chi connectivity index (χ1) is 6.58. The van der Waals surface area contributed by atoms with Crippen LogP contribution in [0.3, 0.4) is 0 Å². The predicted octanol–water partition coefficient (Wildman–Crippen LogP) is 2.44. The molecular weight excluding hydrogens is 226 g/mol. The molecule has 0 bridgehead atoms. The van der Waals surface area contributed by atoms with Gasteiger partial charge in [0.2, 0.25) is 0 Å². The molecule has 0 atom stereocenters. The first kappa shape index (κ1) is 9.17. The third kappa shape index (κ3) is 1.38. The fourth-order valence-electron chi connectivity index (χ4n) is 1.10. The molecule has 7 heteroatoms. The van der Waals surface area contributed by atoms with Crippen molar-refractivity contribution in [1.82, 2.24) is 4.98 Å². The highest BCUT2D eigenvalue weighted by atomic mass is 35.5. The van der Waals surface area contributed by atoms with E-state index in [0.717, 1.165) is 0 Å². The molecule has 0 radical (unpaired) electrons. The first-order valence-electron chi connectivity index (χ1n) is 3.58. The maximum Gasteiger partial charge on any atom is 0.272 e. The lowest BCUT2D eigenvalue weighted by Crippen LogP contribution is -1.87. The van der Waals surface area contributed by atoms with Crippen LogP contribution in [0.2, 0.25) is 5.02 Å². The van der Waals surface area contributed by atoms with Gasteiger partial charge < -0.3 is 5.73 Å². The van der Waals surface area contributed by atoms with Crippen molar-refractivity contribution in [3.63, 3.8) is 0 Å². The monoisotopic (exact) mass is 229 g/mol. The average molecular weight is 230 g/mol. The third-order valence-electron chi connectivity index (χ3n) is 1.66. The molecule has 0 amide bonds. The lowest BCUT2D eigenvalue weighted by atomic mass is 10.3. The molecule has 0 aliphatic rings. The Balaban J connectivity index is 2.77. The molecular formula is C7H4ClN3O2S. The summed E-state index contributed by atoms with van der Waals surface area (Å²) in [6.07, 6.45) is 0. The molecule has 2 rings (SSSR count). The van der Waals surface area contributed by atoms with Crippen molar-refractivity contribution < 1.29 is 4.92 Å². The van der Waals surface area contributed by atoms with E-state index in [9.17, 15) is 10.1 Å². The summed E-state index contributed by atoms with van der Waals surface area (Å²) in [6.45, 7) is 0. The fourth-order valence-corrected chi connectivity index (χ4v) is 2.20. The highest BCUT2D eigenvalue weighted by Crippen LogP contribution is 2.33. The second-order valence-electron chi connectivity index (χ2n) is 2.58. The maximum absolute atomic E-state index is 10.5. The molecule has 2 aromatic rings. The van der Waals surface area contributed by atoms with Crippen molar-refractivity contribution in [2.45, 2.75) is 0 Å². The van der Waals surface area contributed by atoms with Crippen molar-refractivity contribution in [3.05, 3.63) is 27.3 Å². The number of nitrogens with two attached hydrogens (primary N) is 1. The van der Waals surface area contributed by atoms with Gasteiger partial charge in [0.15, 0.2) is 5.13 Å². The van der Waals surface area contributed by atoms with Gasteiger partial charge in [-0.25, -0.2) is 4.98 Å². The minimum absolute atomic E-state index is 0.0499. The Morgan fingerprint density at radius 2 is 2.29 bits per heavy atom. The first-order valence-corrected chi connectivity index (χ1v) is 4.77. The Bertz CT molecular complexity index is 525. The summed E-state index contributed by atoms with van der Waals surface area (Å²) in [5, 5.41) is 11.1. The summed E-state index contributed by atoms with van der Waals surface area (Å²) < 4.78 is 0.627. The highest BCUT2D eigenvalue weighted by molar-refractivity contribution is 7.22. The minimum Gasteiger partial charge on any atom is -0.375 e. The Kier molecular flexibility index (Phi) is 2.01. The van der Waals surface area contributed by atoms with Crippen molar-refractivity contribution in [2.75, 3.05) is 5.73 Å². The molecule has 0 unspecified atom stereocenters. The number of thiazole rings is 1. The van der Waals surface area contributed by atoms with E-state index in [-0.39, 0.29) is 10.7 Å². The molecule has 1 aromatic heterocycles. The zero-order chi connectivity index (χ0) is 10.3. The van der Waals surface area contributed by atoms with Gasteiger partial charge in [-0.1, -0.05) is 22.9 Å². The summed E-state index contributed by atoms with van der Waals surface area (Å²) >= 11 is 6.98. The number of rotatable bonds is 1. The van der Waals surface area contributed by atoms with Gasteiger partial charge in [0.25, 0.3) is 5.69 Å². The van der Waals surface area contributed by atoms with Crippen molar-refractivity contribution in [3.8, 4) is 0 Å². The van der Waals surface area contributed by atoms with Gasteiger partial charge >= 0.3 is 0 Å². The standard InChI is InChI=1S/C7H4ClN3O2S/c8-4-1-3(11(12)13)2-5-6(4)10-7(9)14-5/h1-2H,(H2,9,10). The number of halogens is 1. The fraction of sp³-hybridized carbons (Fsp3) is 0. The number of nitrogens with zero attached hydrogens (tertiary/aromatic N) is 2. The molecule has 0 aliphatic heterocycles. The van der Waals surface area contributed by atoms with Crippen molar-refractivity contribution in [1.29, 1.82) is 0 Å². The van der Waals surface area contributed by atoms with Gasteiger partial charge in [-0.15, -0.1) is 0 Å². The Hall–Kier alpha value is -1.40. The van der Waals surface area contributed by atoms with Crippen molar-refractivity contribution >= 4 is 44.0 Å². The summed E-state index contributed by atoms with van der Waals surface area (Å²) in [4.78, 5) is 14.0. The van der Waals surface area contributed by atoms with Gasteiger partial charge in [-0.2, -0.15) is 0 Å². The lowest BCUT2D eigenvalue weighted by molar-refractivity contribution is -0.384. The lowest BCUT2D eigenvalue weighted by Gasteiger charge is -1.93. The van der Waals surface area contributed by atoms with Crippen LogP contribution in [0.5, 0.6) is 0 Å². The minimum atomic E-state index is -0.499. The van der Waals surface area contributed by atoms with Crippen LogP contribution in [-0.2, 0) is 0 Å². The molecule has 5 nitrogen and oxygen atoms in total. The Morgan fingerprint density at radius 3 is 2.93 bits per heavy atom. The van der Waals surface area contributed by atoms with E-state index in [1.807, 2.05) is 0 Å². The number of hydrogen-bond donors (Lipinski definition) is 1. The Labute approximate surface area is 87.3 Å². The van der Waals surface area contributed by atoms with Gasteiger partial charge in [-0.3, -0.25) is 10.1 Å². The van der Waals surface area contributed by atoms with E-state index in [2.05, 4.69) is 4.98 Å². The number of anilines is 1. The van der Waals surface area contributed by atoms with Crippen LogP contribution >= 0.6 is 22.9 Å². The number of benzene rings is 1. The van der Waals surface area contributed by atoms with Crippen LogP contribution in [0.25, 0.3) is 10.2 Å². The van der Waals surface area contributed by atoms with E-state index in [0.29, 0.717) is 15.3 Å². The number of non-ortho nitro benzene ring substituents is 1. The summed E-state index contributed by atoms with van der Waals surface area (Å²) in [7, 11) is 0. The van der Waals surface area contributed by atoms with Crippen molar-refractivity contribution in [2.24, 2.45) is 0 Å². The smallest absolute Gasteiger partial charge is 0.272 e. The van der Waals surface area contributed by atoms with E-state index in [4.69, 9.17) is 17.3 Å². The van der Waals surface area contributed by atoms with Crippen LogP contribution in [-0.4, -0.2) is 9.91 Å². The largest absolute Gasteiger partial charge is 0.375 e. The van der Waals surface area contributed by atoms with Gasteiger partial charge in [0.1, 0.15) is 5.52 Å². The van der Waals surface area contributed by atoms with Crippen LogP contribution in [0, 0.1) is 10.1 Å². The number of aromatic nitrogens is 1. The second kappa shape index (κ2) is 3.07. The average Bonchev–Trinajstić information content (AvgIpc) is 2.45. The molecule has 1 heterocycles. The summed E-state index contributed by atoms with van der Waals surface area (Å²) in [5.74, 6) is 0. The molecule has 2 N–H and O–H groups in total. The number of nitro groups is 1. The van der Waals surface area contributed by atoms with E-state index >= 15 is 0 Å². The van der Waals surface area contributed by atoms with Gasteiger partial charge in [0.05, 0.1) is 14.6 Å². The normalized spacial score (nSPS) is 10.6. The number of fused-ring (bicyclic) bond motifs is 1. The second-order valence-corrected chi connectivity index (χ2v) is 4.05. The Morgan fingerprint density at radius 1 is 1.57 bits per heavy atom. The van der Waals surface area contributed by atoms with Gasteiger partial charge in [-0.05, 0) is 0 Å².